The molecule has 1 rings (SSSR count). The Morgan fingerprint density at radius 1 is 1.26 bits per heavy atom. The van der Waals surface area contributed by atoms with Crippen LogP contribution in [0.2, 0.25) is 0 Å². The molecular formula is C9H12NO7S2. The fraction of sp³-hybridized carbons (Fsp3) is 0.333. The summed E-state index contributed by atoms with van der Waals surface area (Å²) in [5.41, 5.74) is 7.40. The van der Waals surface area contributed by atoms with Gasteiger partial charge in [0.05, 0.1) is 30.1 Å². The van der Waals surface area contributed by atoms with Gasteiger partial charge in [0.2, 0.25) is 0 Å². The van der Waals surface area contributed by atoms with Crippen molar-refractivity contribution in [3.05, 3.63) is 18.2 Å². The maximum absolute atomic E-state index is 11.8. The molecule has 0 amide bonds. The zero-order chi connectivity index (χ0) is 14.7. The van der Waals surface area contributed by atoms with Gasteiger partial charge in [0.1, 0.15) is 5.75 Å². The Balaban J connectivity index is 2.86. The van der Waals surface area contributed by atoms with Gasteiger partial charge in [-0.1, -0.05) is 0 Å². The standard InChI is InChI=1S/C9H12NO7S2/c1-16-9-3-2-7(6-8(9)10)18(11,12)5-4-17-19(13,14)15/h2-3,6,10H,4-5H2,1H3,(H,13,14,15). The van der Waals surface area contributed by atoms with Crippen LogP contribution in [0.5, 0.6) is 5.75 Å². The van der Waals surface area contributed by atoms with Gasteiger partial charge in [0.25, 0.3) is 0 Å². The van der Waals surface area contributed by atoms with Gasteiger partial charge in [-0.25, -0.2) is 12.6 Å². The van der Waals surface area contributed by atoms with Crippen LogP contribution in [0.1, 0.15) is 0 Å². The summed E-state index contributed by atoms with van der Waals surface area (Å²) in [6, 6.07) is 3.64. The van der Waals surface area contributed by atoms with Crippen molar-refractivity contribution >= 4 is 25.9 Å². The minimum absolute atomic E-state index is 0.112. The monoisotopic (exact) mass is 310 g/mol. The number of benzene rings is 1. The molecule has 1 aromatic rings. The molecule has 0 aliphatic rings. The van der Waals surface area contributed by atoms with E-state index in [0.717, 1.165) is 6.07 Å². The predicted octanol–water partition coefficient (Wildman–Crippen LogP) is 0.203. The molecular weight excluding hydrogens is 298 g/mol. The molecule has 0 aliphatic heterocycles. The first kappa shape index (κ1) is 15.7. The minimum atomic E-state index is -4.67. The highest BCUT2D eigenvalue weighted by atomic mass is 32.3. The Hall–Kier alpha value is -1.36. The lowest BCUT2D eigenvalue weighted by molar-refractivity contribution is 0.284. The summed E-state index contributed by atoms with van der Waals surface area (Å²) in [6.07, 6.45) is 0. The minimum Gasteiger partial charge on any atom is -0.495 e. The van der Waals surface area contributed by atoms with Crippen LogP contribution in [0.3, 0.4) is 0 Å². The van der Waals surface area contributed by atoms with Crippen molar-refractivity contribution in [3.63, 3.8) is 0 Å². The first-order chi connectivity index (χ1) is 8.65. The topological polar surface area (TPSA) is 131 Å². The Bertz CT molecular complexity index is 651. The average Bonchev–Trinajstić information content (AvgIpc) is 2.26. The largest absolute Gasteiger partial charge is 0.495 e. The normalized spacial score (nSPS) is 12.3. The molecule has 0 unspecified atom stereocenters. The fourth-order valence-electron chi connectivity index (χ4n) is 1.25. The summed E-state index contributed by atoms with van der Waals surface area (Å²) in [5.74, 6) is -0.424. The van der Waals surface area contributed by atoms with Crippen molar-refractivity contribution in [2.75, 3.05) is 19.5 Å². The van der Waals surface area contributed by atoms with E-state index < -0.39 is 32.6 Å². The van der Waals surface area contributed by atoms with E-state index in [-0.39, 0.29) is 16.3 Å². The molecule has 0 atom stereocenters. The second kappa shape index (κ2) is 5.74. The third-order valence-corrected chi connectivity index (χ3v) is 4.26. The lowest BCUT2D eigenvalue weighted by Gasteiger charge is -2.07. The van der Waals surface area contributed by atoms with Crippen molar-refractivity contribution in [2.45, 2.75) is 4.90 Å². The molecule has 0 saturated heterocycles. The van der Waals surface area contributed by atoms with Crippen LogP contribution in [-0.4, -0.2) is 40.9 Å². The quantitative estimate of drug-likeness (QED) is 0.742. The highest BCUT2D eigenvalue weighted by molar-refractivity contribution is 7.91. The van der Waals surface area contributed by atoms with E-state index in [0.29, 0.717) is 0 Å². The van der Waals surface area contributed by atoms with E-state index in [1.165, 1.54) is 19.2 Å². The van der Waals surface area contributed by atoms with E-state index in [1.54, 1.807) is 0 Å². The first-order valence-electron chi connectivity index (χ1n) is 4.90. The molecule has 10 heteroatoms. The molecule has 0 heterocycles. The molecule has 0 aromatic heterocycles. The summed E-state index contributed by atoms with van der Waals surface area (Å²) < 4.78 is 61.2. The summed E-state index contributed by atoms with van der Waals surface area (Å²) in [5, 5.41) is 0. The maximum Gasteiger partial charge on any atom is 0.397 e. The SMILES string of the molecule is COc1ccc(S(=O)(=O)CCOS(=O)(=O)O)cc1[NH]. The highest BCUT2D eigenvalue weighted by Crippen LogP contribution is 2.26. The number of sulfone groups is 1. The molecule has 19 heavy (non-hydrogen) atoms. The van der Waals surface area contributed by atoms with Crippen LogP contribution >= 0.6 is 0 Å². The lowest BCUT2D eigenvalue weighted by Crippen LogP contribution is -2.15. The fourth-order valence-corrected chi connectivity index (χ4v) is 2.76. The van der Waals surface area contributed by atoms with Crippen LogP contribution in [0.25, 0.3) is 0 Å². The first-order valence-corrected chi connectivity index (χ1v) is 7.92. The van der Waals surface area contributed by atoms with Gasteiger partial charge >= 0.3 is 10.4 Å². The Morgan fingerprint density at radius 3 is 2.37 bits per heavy atom. The Kier molecular flexibility index (Phi) is 4.74. The molecule has 107 valence electrons. The van der Waals surface area contributed by atoms with Crippen molar-refractivity contribution in [1.82, 2.24) is 5.73 Å². The third-order valence-electron chi connectivity index (χ3n) is 2.11. The number of nitrogens with one attached hydrogen (secondary N) is 1. The Labute approximate surface area is 111 Å². The Morgan fingerprint density at radius 2 is 1.89 bits per heavy atom. The summed E-state index contributed by atoms with van der Waals surface area (Å²) in [6.45, 7) is -0.708. The van der Waals surface area contributed by atoms with Crippen LogP contribution in [0.4, 0.5) is 5.69 Å². The molecule has 0 saturated carbocycles. The lowest BCUT2D eigenvalue weighted by atomic mass is 10.3. The van der Waals surface area contributed by atoms with E-state index >= 15 is 0 Å². The maximum atomic E-state index is 11.8. The predicted molar refractivity (Wildman–Crippen MR) is 65.3 cm³/mol. The van der Waals surface area contributed by atoms with Crippen molar-refractivity contribution in [1.29, 1.82) is 0 Å². The van der Waals surface area contributed by atoms with E-state index in [1.807, 2.05) is 0 Å². The molecule has 8 nitrogen and oxygen atoms in total. The van der Waals surface area contributed by atoms with Crippen molar-refractivity contribution in [3.8, 4) is 5.75 Å². The van der Waals surface area contributed by atoms with Gasteiger partial charge in [0.15, 0.2) is 9.84 Å². The van der Waals surface area contributed by atoms with Gasteiger partial charge in [-0.2, -0.15) is 8.42 Å². The summed E-state index contributed by atoms with van der Waals surface area (Å²) >= 11 is 0. The molecule has 0 bridgehead atoms. The van der Waals surface area contributed by atoms with Gasteiger partial charge < -0.3 is 4.74 Å². The molecule has 0 fully saturated rings. The molecule has 2 N–H and O–H groups in total. The second-order valence-electron chi connectivity index (χ2n) is 3.43. The summed E-state index contributed by atoms with van der Waals surface area (Å²) in [7, 11) is -7.13. The van der Waals surface area contributed by atoms with Crippen LogP contribution in [0.15, 0.2) is 23.1 Å². The third kappa shape index (κ3) is 4.67. The van der Waals surface area contributed by atoms with Crippen molar-refractivity contribution < 1.29 is 30.3 Å². The van der Waals surface area contributed by atoms with Gasteiger partial charge in [0, 0.05) is 0 Å². The average molecular weight is 310 g/mol. The second-order valence-corrected chi connectivity index (χ2v) is 6.63. The molecule has 0 aliphatic carbocycles. The number of hydrogen-bond donors (Lipinski definition) is 1. The smallest absolute Gasteiger partial charge is 0.397 e. The number of hydrogen-bond acceptors (Lipinski definition) is 6. The van der Waals surface area contributed by atoms with Crippen LogP contribution < -0.4 is 10.5 Å². The number of rotatable bonds is 6. The zero-order valence-corrected chi connectivity index (χ0v) is 11.5. The van der Waals surface area contributed by atoms with Gasteiger partial charge in [-0.05, 0) is 18.2 Å². The highest BCUT2D eigenvalue weighted by Gasteiger charge is 2.17. The number of ether oxygens (including phenoxy) is 1. The molecule has 1 aromatic carbocycles. The molecule has 0 spiro atoms. The zero-order valence-electron chi connectivity index (χ0n) is 9.86. The van der Waals surface area contributed by atoms with E-state index in [4.69, 9.17) is 15.0 Å². The van der Waals surface area contributed by atoms with Gasteiger partial charge in [-0.3, -0.25) is 10.3 Å². The summed E-state index contributed by atoms with van der Waals surface area (Å²) in [4.78, 5) is -0.155. The van der Waals surface area contributed by atoms with Crippen molar-refractivity contribution in [2.24, 2.45) is 0 Å². The van der Waals surface area contributed by atoms with Crippen LogP contribution in [-0.2, 0) is 24.4 Å². The van der Waals surface area contributed by atoms with E-state index in [2.05, 4.69) is 4.18 Å². The number of methoxy groups -OCH3 is 1. The van der Waals surface area contributed by atoms with E-state index in [9.17, 15) is 16.8 Å². The molecule has 1 radical (unpaired) electrons. The van der Waals surface area contributed by atoms with Crippen LogP contribution in [0, 0.1) is 0 Å². The van der Waals surface area contributed by atoms with Gasteiger partial charge in [-0.15, -0.1) is 0 Å².